The highest BCUT2D eigenvalue weighted by Crippen LogP contribution is 2.47. The van der Waals surface area contributed by atoms with Gasteiger partial charge in [0.25, 0.3) is 0 Å². The Labute approximate surface area is 156 Å². The molecule has 3 unspecified atom stereocenters. The first-order chi connectivity index (χ1) is 12.2. The Kier molecular flexibility index (Phi) is 7.67. The van der Waals surface area contributed by atoms with E-state index in [1.807, 2.05) is 0 Å². The van der Waals surface area contributed by atoms with Gasteiger partial charge in [0.1, 0.15) is 6.17 Å². The maximum atomic E-state index is 15.0. The van der Waals surface area contributed by atoms with E-state index in [4.69, 9.17) is 0 Å². The summed E-state index contributed by atoms with van der Waals surface area (Å²) in [4.78, 5) is 0. The fourth-order valence-electron chi connectivity index (χ4n) is 6.47. The van der Waals surface area contributed by atoms with Gasteiger partial charge >= 0.3 is 0 Å². The summed E-state index contributed by atoms with van der Waals surface area (Å²) in [5, 5.41) is 0. The van der Waals surface area contributed by atoms with Crippen LogP contribution in [-0.4, -0.2) is 6.17 Å². The second-order valence-corrected chi connectivity index (χ2v) is 10.0. The molecule has 0 aromatic carbocycles. The minimum atomic E-state index is -0.487. The largest absolute Gasteiger partial charge is 0.247 e. The second kappa shape index (κ2) is 9.75. The summed E-state index contributed by atoms with van der Waals surface area (Å²) in [6.07, 6.45) is 19.6. The van der Waals surface area contributed by atoms with E-state index in [9.17, 15) is 0 Å². The Hall–Kier alpha value is -0.0700. The molecular weight excluding hydrogens is 307 g/mol. The number of alkyl halides is 1. The normalized spacial score (nSPS) is 43.1. The predicted octanol–water partition coefficient (Wildman–Crippen LogP) is 7.95. The van der Waals surface area contributed by atoms with E-state index in [0.717, 1.165) is 24.2 Å². The van der Waals surface area contributed by atoms with E-state index in [2.05, 4.69) is 13.8 Å². The van der Waals surface area contributed by atoms with Gasteiger partial charge in [-0.05, 0) is 80.5 Å². The van der Waals surface area contributed by atoms with Gasteiger partial charge in [0.2, 0.25) is 0 Å². The fourth-order valence-corrected chi connectivity index (χ4v) is 6.47. The highest BCUT2D eigenvalue weighted by molar-refractivity contribution is 4.89. The maximum absolute atomic E-state index is 15.0. The first-order valence-electron chi connectivity index (χ1n) is 11.8. The highest BCUT2D eigenvalue weighted by Gasteiger charge is 2.39. The van der Waals surface area contributed by atoms with Gasteiger partial charge in [0.15, 0.2) is 0 Å². The molecule has 0 aliphatic heterocycles. The minimum absolute atomic E-state index is 0.411. The van der Waals surface area contributed by atoms with Crippen LogP contribution in [0.3, 0.4) is 0 Å². The van der Waals surface area contributed by atoms with Gasteiger partial charge in [0.05, 0.1) is 0 Å². The first-order valence-corrected chi connectivity index (χ1v) is 11.8. The number of halogens is 1. The van der Waals surface area contributed by atoms with Crippen molar-refractivity contribution in [3.8, 4) is 0 Å². The third kappa shape index (κ3) is 5.46. The molecule has 0 saturated heterocycles. The van der Waals surface area contributed by atoms with Crippen molar-refractivity contribution >= 4 is 0 Å². The van der Waals surface area contributed by atoms with Gasteiger partial charge in [-0.1, -0.05) is 65.2 Å². The molecule has 0 spiro atoms. The summed E-state index contributed by atoms with van der Waals surface area (Å²) >= 11 is 0. The van der Waals surface area contributed by atoms with Crippen molar-refractivity contribution in [2.24, 2.45) is 35.5 Å². The van der Waals surface area contributed by atoms with Crippen LogP contribution in [0.2, 0.25) is 0 Å². The van der Waals surface area contributed by atoms with Crippen LogP contribution in [0.1, 0.15) is 110 Å². The van der Waals surface area contributed by atoms with Crippen molar-refractivity contribution in [1.82, 2.24) is 0 Å². The Morgan fingerprint density at radius 1 is 0.720 bits per heavy atom. The molecule has 1 heteroatoms. The number of hydrogen-bond donors (Lipinski definition) is 0. The summed E-state index contributed by atoms with van der Waals surface area (Å²) in [7, 11) is 0. The fraction of sp³-hybridized carbons (Fsp3) is 1.00. The van der Waals surface area contributed by atoms with Gasteiger partial charge in [0, 0.05) is 0 Å². The van der Waals surface area contributed by atoms with E-state index in [0.29, 0.717) is 17.8 Å². The van der Waals surface area contributed by atoms with Gasteiger partial charge in [-0.15, -0.1) is 0 Å². The lowest BCUT2D eigenvalue weighted by Crippen LogP contribution is -2.36. The van der Waals surface area contributed by atoms with Gasteiger partial charge < -0.3 is 0 Å². The monoisotopic (exact) mass is 350 g/mol. The van der Waals surface area contributed by atoms with Crippen molar-refractivity contribution in [3.63, 3.8) is 0 Å². The molecule has 0 bridgehead atoms. The summed E-state index contributed by atoms with van der Waals surface area (Å²) in [5.74, 6) is 4.57. The molecule has 0 amide bonds. The number of rotatable bonds is 6. The zero-order valence-corrected chi connectivity index (χ0v) is 17.0. The number of hydrogen-bond acceptors (Lipinski definition) is 0. The Balaban J connectivity index is 1.40. The standard InChI is InChI=1S/C24H43F/c1-3-4-5-6-19-9-13-20(14-10-19)22-15-16-23(24(25)17-22)21-11-7-18(2)8-12-21/h18-24H,3-17H2,1-2H3. The second-order valence-electron chi connectivity index (χ2n) is 10.0. The topological polar surface area (TPSA) is 0 Å². The van der Waals surface area contributed by atoms with Crippen molar-refractivity contribution in [2.45, 2.75) is 116 Å². The summed E-state index contributed by atoms with van der Waals surface area (Å²) in [6, 6.07) is 0. The molecule has 0 radical (unpaired) electrons. The Bertz CT molecular complexity index is 362. The van der Waals surface area contributed by atoms with Crippen LogP contribution in [0.25, 0.3) is 0 Å². The predicted molar refractivity (Wildman–Crippen MR) is 106 cm³/mol. The third-order valence-electron chi connectivity index (χ3n) is 8.30. The molecule has 3 aliphatic carbocycles. The average Bonchev–Trinajstić information content (AvgIpc) is 2.63. The lowest BCUT2D eigenvalue weighted by molar-refractivity contribution is 0.0339. The summed E-state index contributed by atoms with van der Waals surface area (Å²) in [6.45, 7) is 4.67. The smallest absolute Gasteiger partial charge is 0.103 e. The molecule has 3 saturated carbocycles. The Morgan fingerprint density at radius 3 is 2.00 bits per heavy atom. The van der Waals surface area contributed by atoms with Gasteiger partial charge in [-0.3, -0.25) is 0 Å². The number of unbranched alkanes of at least 4 members (excludes halogenated alkanes) is 2. The van der Waals surface area contributed by atoms with Crippen molar-refractivity contribution in [3.05, 3.63) is 0 Å². The molecule has 0 aromatic rings. The van der Waals surface area contributed by atoms with E-state index >= 15 is 4.39 Å². The van der Waals surface area contributed by atoms with Crippen molar-refractivity contribution in [2.75, 3.05) is 0 Å². The van der Waals surface area contributed by atoms with Crippen molar-refractivity contribution < 1.29 is 4.39 Å². The van der Waals surface area contributed by atoms with Crippen LogP contribution in [0, 0.1) is 35.5 Å². The SMILES string of the molecule is CCCCCC1CCC(C2CCC(C3CCC(C)CC3)C(F)C2)CC1. The van der Waals surface area contributed by atoms with Crippen molar-refractivity contribution in [1.29, 1.82) is 0 Å². The lowest BCUT2D eigenvalue weighted by Gasteiger charge is -2.43. The molecule has 3 atom stereocenters. The molecule has 3 fully saturated rings. The van der Waals surface area contributed by atoms with E-state index < -0.39 is 6.17 Å². The Morgan fingerprint density at radius 2 is 1.36 bits per heavy atom. The molecule has 3 aliphatic rings. The van der Waals surface area contributed by atoms with E-state index in [1.165, 1.54) is 89.9 Å². The molecule has 3 rings (SSSR count). The quantitative estimate of drug-likeness (QED) is 0.426. The van der Waals surface area contributed by atoms with Crippen LogP contribution >= 0.6 is 0 Å². The molecule has 25 heavy (non-hydrogen) atoms. The summed E-state index contributed by atoms with van der Waals surface area (Å²) in [5.41, 5.74) is 0. The molecule has 0 nitrogen and oxygen atoms in total. The van der Waals surface area contributed by atoms with Crippen LogP contribution in [0.15, 0.2) is 0 Å². The van der Waals surface area contributed by atoms with Crippen LogP contribution in [0.5, 0.6) is 0 Å². The van der Waals surface area contributed by atoms with E-state index in [1.54, 1.807) is 0 Å². The van der Waals surface area contributed by atoms with Crippen LogP contribution < -0.4 is 0 Å². The minimum Gasteiger partial charge on any atom is -0.247 e. The molecule has 0 heterocycles. The third-order valence-corrected chi connectivity index (χ3v) is 8.30. The first kappa shape index (κ1) is 19.7. The van der Waals surface area contributed by atoms with E-state index in [-0.39, 0.29) is 0 Å². The van der Waals surface area contributed by atoms with Gasteiger partial charge in [-0.2, -0.15) is 0 Å². The zero-order valence-electron chi connectivity index (χ0n) is 17.0. The molecule has 0 aromatic heterocycles. The molecule has 0 N–H and O–H groups in total. The van der Waals surface area contributed by atoms with Gasteiger partial charge in [-0.25, -0.2) is 4.39 Å². The molecule has 146 valence electrons. The average molecular weight is 351 g/mol. The highest BCUT2D eigenvalue weighted by atomic mass is 19.1. The lowest BCUT2D eigenvalue weighted by atomic mass is 9.64. The van der Waals surface area contributed by atoms with Crippen LogP contribution in [0.4, 0.5) is 4.39 Å². The molecular formula is C24H43F. The maximum Gasteiger partial charge on any atom is 0.103 e. The zero-order chi connectivity index (χ0) is 17.6. The van der Waals surface area contributed by atoms with Crippen LogP contribution in [-0.2, 0) is 0 Å². The summed E-state index contributed by atoms with van der Waals surface area (Å²) < 4.78 is 15.0.